The number of nitrogens with zero attached hydrogens (tertiary/aromatic N) is 5. The molecule has 0 amide bonds. The van der Waals surface area contributed by atoms with Crippen molar-refractivity contribution in [2.24, 2.45) is 5.10 Å². The van der Waals surface area contributed by atoms with E-state index in [1.54, 1.807) is 17.1 Å². The van der Waals surface area contributed by atoms with Gasteiger partial charge in [0.2, 0.25) is 0 Å². The lowest BCUT2D eigenvalue weighted by Crippen LogP contribution is -2.00. The summed E-state index contributed by atoms with van der Waals surface area (Å²) in [7, 11) is 0. The van der Waals surface area contributed by atoms with E-state index in [0.29, 0.717) is 16.5 Å². The average Bonchev–Trinajstić information content (AvgIpc) is 3.05. The van der Waals surface area contributed by atoms with E-state index in [1.807, 2.05) is 48.5 Å². The van der Waals surface area contributed by atoms with Crippen molar-refractivity contribution in [3.05, 3.63) is 65.4 Å². The lowest BCUT2D eigenvalue weighted by Gasteiger charge is -2.06. The Labute approximate surface area is 136 Å². The van der Waals surface area contributed by atoms with Gasteiger partial charge in [0.1, 0.15) is 6.33 Å². The topological polar surface area (TPSA) is 67.5 Å². The van der Waals surface area contributed by atoms with Gasteiger partial charge < -0.3 is 0 Å². The standard InChI is InChI=1S/C16H11ClN6/c17-14-8-4-1-5-11(14)9-18-20-15-12-6-2-3-7-13(12)16-21-19-10-23(16)22-15/h1-10H,(H,20,22). The minimum absolute atomic E-state index is 0.621. The van der Waals surface area contributed by atoms with Crippen LogP contribution in [-0.2, 0) is 0 Å². The highest BCUT2D eigenvalue weighted by molar-refractivity contribution is 6.33. The van der Waals surface area contributed by atoms with Gasteiger partial charge in [-0.1, -0.05) is 54.1 Å². The molecule has 4 aromatic rings. The molecule has 6 nitrogen and oxygen atoms in total. The molecule has 0 aliphatic rings. The van der Waals surface area contributed by atoms with E-state index in [1.165, 1.54) is 0 Å². The van der Waals surface area contributed by atoms with Crippen LogP contribution in [0.4, 0.5) is 5.82 Å². The zero-order valence-electron chi connectivity index (χ0n) is 11.9. The van der Waals surface area contributed by atoms with Crippen molar-refractivity contribution in [3.63, 3.8) is 0 Å². The predicted molar refractivity (Wildman–Crippen MR) is 91.0 cm³/mol. The quantitative estimate of drug-likeness (QED) is 0.464. The highest BCUT2D eigenvalue weighted by Gasteiger charge is 2.08. The third kappa shape index (κ3) is 2.49. The van der Waals surface area contributed by atoms with Crippen LogP contribution in [-0.4, -0.2) is 26.0 Å². The highest BCUT2D eigenvalue weighted by atomic mass is 35.5. The molecular weight excluding hydrogens is 312 g/mol. The summed E-state index contributed by atoms with van der Waals surface area (Å²) < 4.78 is 1.62. The summed E-state index contributed by atoms with van der Waals surface area (Å²) in [5.74, 6) is 0.621. The van der Waals surface area contributed by atoms with Crippen LogP contribution >= 0.6 is 11.6 Å². The maximum Gasteiger partial charge on any atom is 0.185 e. The van der Waals surface area contributed by atoms with E-state index in [2.05, 4.69) is 25.8 Å². The molecule has 0 fully saturated rings. The maximum atomic E-state index is 6.11. The molecule has 1 N–H and O–H groups in total. The van der Waals surface area contributed by atoms with Gasteiger partial charge >= 0.3 is 0 Å². The first kappa shape index (κ1) is 13.7. The number of hydrogen-bond acceptors (Lipinski definition) is 5. The van der Waals surface area contributed by atoms with Crippen molar-refractivity contribution in [2.45, 2.75) is 0 Å². The molecule has 0 unspecified atom stereocenters. The number of anilines is 1. The van der Waals surface area contributed by atoms with E-state index in [4.69, 9.17) is 11.6 Å². The van der Waals surface area contributed by atoms with E-state index in [-0.39, 0.29) is 0 Å². The normalized spacial score (nSPS) is 11.5. The smallest absolute Gasteiger partial charge is 0.185 e. The summed E-state index contributed by atoms with van der Waals surface area (Å²) in [6.07, 6.45) is 3.22. The molecule has 4 rings (SSSR count). The van der Waals surface area contributed by atoms with Gasteiger partial charge in [-0.2, -0.15) is 9.62 Å². The van der Waals surface area contributed by atoms with Crippen LogP contribution in [0.1, 0.15) is 5.56 Å². The number of nitrogens with one attached hydrogen (secondary N) is 1. The minimum Gasteiger partial charge on any atom is -0.259 e. The number of rotatable bonds is 3. The minimum atomic E-state index is 0.621. The van der Waals surface area contributed by atoms with Crippen LogP contribution in [0.2, 0.25) is 5.02 Å². The van der Waals surface area contributed by atoms with E-state index in [9.17, 15) is 0 Å². The maximum absolute atomic E-state index is 6.11. The van der Waals surface area contributed by atoms with Crippen LogP contribution in [0.5, 0.6) is 0 Å². The Hall–Kier alpha value is -2.99. The Bertz CT molecular complexity index is 1020. The molecular formula is C16H11ClN6. The van der Waals surface area contributed by atoms with Gasteiger partial charge in [0.05, 0.1) is 6.21 Å². The van der Waals surface area contributed by atoms with Crippen LogP contribution < -0.4 is 5.43 Å². The number of hydrazone groups is 1. The Morgan fingerprint density at radius 3 is 2.70 bits per heavy atom. The molecule has 0 bridgehead atoms. The Morgan fingerprint density at radius 2 is 1.83 bits per heavy atom. The first-order valence-corrected chi connectivity index (χ1v) is 7.33. The molecule has 23 heavy (non-hydrogen) atoms. The summed E-state index contributed by atoms with van der Waals surface area (Å²) in [5, 5.41) is 19.2. The summed E-state index contributed by atoms with van der Waals surface area (Å²) in [4.78, 5) is 0. The molecule has 0 atom stereocenters. The number of fused-ring (bicyclic) bond motifs is 3. The zero-order chi connectivity index (χ0) is 15.6. The van der Waals surface area contributed by atoms with Gasteiger partial charge in [-0.05, 0) is 6.07 Å². The average molecular weight is 323 g/mol. The fraction of sp³-hybridized carbons (Fsp3) is 0. The van der Waals surface area contributed by atoms with Crippen molar-refractivity contribution in [2.75, 3.05) is 5.43 Å². The third-order valence-corrected chi connectivity index (χ3v) is 3.78. The second-order valence-corrected chi connectivity index (χ2v) is 5.29. The first-order chi connectivity index (χ1) is 11.3. The van der Waals surface area contributed by atoms with Crippen molar-refractivity contribution in [1.29, 1.82) is 0 Å². The van der Waals surface area contributed by atoms with Crippen molar-refractivity contribution in [3.8, 4) is 0 Å². The van der Waals surface area contributed by atoms with Crippen LogP contribution in [0, 0.1) is 0 Å². The molecule has 2 aromatic carbocycles. The van der Waals surface area contributed by atoms with Gasteiger partial charge in [-0.15, -0.1) is 15.3 Å². The molecule has 2 heterocycles. The Kier molecular flexibility index (Phi) is 3.36. The molecule has 7 heteroatoms. The summed E-state index contributed by atoms with van der Waals surface area (Å²) >= 11 is 6.11. The summed E-state index contributed by atoms with van der Waals surface area (Å²) in [6, 6.07) is 15.3. The first-order valence-electron chi connectivity index (χ1n) is 6.95. The van der Waals surface area contributed by atoms with Crippen molar-refractivity contribution in [1.82, 2.24) is 19.8 Å². The second-order valence-electron chi connectivity index (χ2n) is 4.88. The Balaban J connectivity index is 1.74. The Morgan fingerprint density at radius 1 is 1.04 bits per heavy atom. The van der Waals surface area contributed by atoms with Gasteiger partial charge in [0.25, 0.3) is 0 Å². The van der Waals surface area contributed by atoms with E-state index >= 15 is 0 Å². The van der Waals surface area contributed by atoms with Crippen LogP contribution in [0.25, 0.3) is 16.4 Å². The predicted octanol–water partition coefficient (Wildman–Crippen LogP) is 3.38. The molecule has 0 saturated heterocycles. The summed E-state index contributed by atoms with van der Waals surface area (Å²) in [6.45, 7) is 0. The lowest BCUT2D eigenvalue weighted by molar-refractivity contribution is 0.934. The molecule has 2 aromatic heterocycles. The number of hydrogen-bond donors (Lipinski definition) is 1. The van der Waals surface area contributed by atoms with Crippen molar-refractivity contribution >= 4 is 40.1 Å². The largest absolute Gasteiger partial charge is 0.259 e. The third-order valence-electron chi connectivity index (χ3n) is 3.44. The van der Waals surface area contributed by atoms with Gasteiger partial charge in [0, 0.05) is 21.4 Å². The van der Waals surface area contributed by atoms with Crippen LogP contribution in [0.15, 0.2) is 60.0 Å². The molecule has 0 spiro atoms. The number of aromatic nitrogens is 4. The number of halogens is 1. The second kappa shape index (κ2) is 5.66. The number of benzene rings is 2. The van der Waals surface area contributed by atoms with Crippen LogP contribution in [0.3, 0.4) is 0 Å². The SMILES string of the molecule is Clc1ccccc1C=NNc1nn2cnnc2c2ccccc12. The molecule has 0 aliphatic carbocycles. The van der Waals surface area contributed by atoms with Gasteiger partial charge in [0.15, 0.2) is 11.5 Å². The monoisotopic (exact) mass is 322 g/mol. The molecule has 0 radical (unpaired) electrons. The van der Waals surface area contributed by atoms with Gasteiger partial charge in [-0.3, -0.25) is 5.43 Å². The lowest BCUT2D eigenvalue weighted by atomic mass is 10.2. The molecule has 112 valence electrons. The van der Waals surface area contributed by atoms with E-state index in [0.717, 1.165) is 16.3 Å². The molecule has 0 aliphatic heterocycles. The van der Waals surface area contributed by atoms with Gasteiger partial charge in [-0.25, -0.2) is 0 Å². The highest BCUT2D eigenvalue weighted by Crippen LogP contribution is 2.23. The molecule has 0 saturated carbocycles. The van der Waals surface area contributed by atoms with E-state index < -0.39 is 0 Å². The fourth-order valence-electron chi connectivity index (χ4n) is 2.35. The summed E-state index contributed by atoms with van der Waals surface area (Å²) in [5.41, 5.74) is 4.51. The fourth-order valence-corrected chi connectivity index (χ4v) is 2.54. The van der Waals surface area contributed by atoms with Crippen molar-refractivity contribution < 1.29 is 0 Å². The zero-order valence-corrected chi connectivity index (χ0v) is 12.6.